The Morgan fingerprint density at radius 1 is 1.10 bits per heavy atom. The molecule has 0 aliphatic heterocycles. The average Bonchev–Trinajstić information content (AvgIpc) is 2.70. The Balaban J connectivity index is 1.88. The van der Waals surface area contributed by atoms with Crippen LogP contribution in [0.3, 0.4) is 0 Å². The largest absolute Gasteiger partial charge is 0.496 e. The Morgan fingerprint density at radius 3 is 2.34 bits per heavy atom. The highest BCUT2D eigenvalue weighted by molar-refractivity contribution is 7.92. The lowest BCUT2D eigenvalue weighted by Crippen LogP contribution is -2.34. The van der Waals surface area contributed by atoms with Gasteiger partial charge in [-0.3, -0.25) is 0 Å². The van der Waals surface area contributed by atoms with E-state index in [1.807, 2.05) is 12.1 Å². The minimum absolute atomic E-state index is 0.0610. The quantitative estimate of drug-likeness (QED) is 0.345. The number of hydrogen-bond acceptors (Lipinski definition) is 6. The van der Waals surface area contributed by atoms with E-state index in [-0.39, 0.29) is 5.41 Å². The molecule has 2 rings (SSSR count). The lowest BCUT2D eigenvalue weighted by Gasteiger charge is -2.21. The van der Waals surface area contributed by atoms with Gasteiger partial charge in [-0.15, -0.1) is 0 Å². The maximum absolute atomic E-state index is 11.6. The minimum atomic E-state index is -0.472. The Morgan fingerprint density at radius 2 is 1.76 bits per heavy atom. The van der Waals surface area contributed by atoms with Gasteiger partial charge in [-0.2, -0.15) is 0 Å². The van der Waals surface area contributed by atoms with Crippen molar-refractivity contribution in [1.82, 2.24) is 10.6 Å². The molecule has 0 unspecified atom stereocenters. The maximum Gasteiger partial charge on any atom is 0.351 e. The molecule has 4 N–H and O–H groups in total. The fraction of sp³-hybridized carbons (Fsp3) is 0.333. The smallest absolute Gasteiger partial charge is 0.351 e. The zero-order chi connectivity index (χ0) is 21.4. The fourth-order valence-electron chi connectivity index (χ4n) is 2.63. The number of benzene rings is 2. The van der Waals surface area contributed by atoms with Crippen molar-refractivity contribution in [3.63, 3.8) is 0 Å². The molecule has 0 aliphatic rings. The van der Waals surface area contributed by atoms with E-state index in [0.29, 0.717) is 36.0 Å². The molecule has 0 saturated heterocycles. The number of carbonyl (C=O) groups is 1. The third-order valence-corrected chi connectivity index (χ3v) is 4.90. The Hall–Kier alpha value is -2.29. The van der Waals surface area contributed by atoms with E-state index in [1.54, 1.807) is 19.2 Å². The van der Waals surface area contributed by atoms with E-state index in [2.05, 4.69) is 53.8 Å². The summed E-state index contributed by atoms with van der Waals surface area (Å²) in [5, 5.41) is 12.0. The van der Waals surface area contributed by atoms with Crippen molar-refractivity contribution < 1.29 is 13.7 Å². The summed E-state index contributed by atoms with van der Waals surface area (Å²) in [5.41, 5.74) is 3.74. The van der Waals surface area contributed by atoms with Crippen LogP contribution >= 0.6 is 24.4 Å². The van der Waals surface area contributed by atoms with E-state index in [4.69, 9.17) is 22.1 Å². The molecule has 2 aromatic rings. The molecule has 2 aromatic carbocycles. The molecule has 156 valence electrons. The van der Waals surface area contributed by atoms with Gasteiger partial charge in [-0.1, -0.05) is 45.0 Å². The SMILES string of the molecule is COc1cc(C(C)(C)C)ccc1CNC(=S)NCc1ccc(C(=O)OSN)cc1. The van der Waals surface area contributed by atoms with Gasteiger partial charge in [0.05, 0.1) is 12.7 Å². The molecule has 29 heavy (non-hydrogen) atoms. The van der Waals surface area contributed by atoms with E-state index < -0.39 is 5.97 Å². The molecule has 0 heterocycles. The van der Waals surface area contributed by atoms with Gasteiger partial charge in [0.15, 0.2) is 5.11 Å². The van der Waals surface area contributed by atoms with Crippen LogP contribution in [0.5, 0.6) is 5.75 Å². The summed E-state index contributed by atoms with van der Waals surface area (Å²) in [6, 6.07) is 13.3. The lowest BCUT2D eigenvalue weighted by atomic mass is 9.86. The summed E-state index contributed by atoms with van der Waals surface area (Å²) in [6.07, 6.45) is 0. The van der Waals surface area contributed by atoms with E-state index in [9.17, 15) is 4.79 Å². The van der Waals surface area contributed by atoms with Gasteiger partial charge >= 0.3 is 5.97 Å². The predicted molar refractivity (Wildman–Crippen MR) is 122 cm³/mol. The molecule has 6 nitrogen and oxygen atoms in total. The van der Waals surface area contributed by atoms with Crippen LogP contribution in [0.15, 0.2) is 42.5 Å². The molecule has 8 heteroatoms. The number of carbonyl (C=O) groups excluding carboxylic acids is 1. The van der Waals surface area contributed by atoms with Gasteiger partial charge in [-0.25, -0.2) is 9.93 Å². The van der Waals surface area contributed by atoms with Crippen molar-refractivity contribution in [2.24, 2.45) is 5.14 Å². The molecule has 0 aliphatic carbocycles. The van der Waals surface area contributed by atoms with Gasteiger partial charge < -0.3 is 19.6 Å². The number of ether oxygens (including phenoxy) is 1. The van der Waals surface area contributed by atoms with Gasteiger partial charge in [-0.05, 0) is 47.0 Å². The molecule has 0 fully saturated rings. The molecule has 0 atom stereocenters. The van der Waals surface area contributed by atoms with Crippen molar-refractivity contribution >= 4 is 35.5 Å². The first-order valence-electron chi connectivity index (χ1n) is 9.10. The normalized spacial score (nSPS) is 10.9. The Bertz CT molecular complexity index is 849. The highest BCUT2D eigenvalue weighted by atomic mass is 32.2. The number of rotatable bonds is 7. The Kier molecular flexibility index (Phi) is 8.31. The minimum Gasteiger partial charge on any atom is -0.496 e. The van der Waals surface area contributed by atoms with Crippen LogP contribution in [0.4, 0.5) is 0 Å². The Labute approximate surface area is 181 Å². The van der Waals surface area contributed by atoms with Crippen molar-refractivity contribution in [2.45, 2.75) is 39.3 Å². The molecule has 0 aromatic heterocycles. The number of thiocarbonyl (C=S) groups is 1. The first-order valence-corrected chi connectivity index (χ1v) is 10.3. The molecule has 0 spiro atoms. The molecule has 0 bridgehead atoms. The maximum atomic E-state index is 11.6. The topological polar surface area (TPSA) is 85.6 Å². The summed E-state index contributed by atoms with van der Waals surface area (Å²) in [5.74, 6) is 0.367. The van der Waals surface area contributed by atoms with Crippen molar-refractivity contribution in [3.05, 3.63) is 64.7 Å². The number of hydrogen-bond donors (Lipinski definition) is 3. The van der Waals surface area contributed by atoms with Gasteiger partial charge in [0.2, 0.25) is 0 Å². The lowest BCUT2D eigenvalue weighted by molar-refractivity contribution is 0.0768. The first-order chi connectivity index (χ1) is 13.7. The van der Waals surface area contributed by atoms with Crippen LogP contribution in [-0.2, 0) is 22.7 Å². The van der Waals surface area contributed by atoms with Gasteiger partial charge in [0.25, 0.3) is 0 Å². The zero-order valence-electron chi connectivity index (χ0n) is 17.1. The number of nitrogens with one attached hydrogen (secondary N) is 2. The van der Waals surface area contributed by atoms with Gasteiger partial charge in [0.1, 0.15) is 18.0 Å². The zero-order valence-corrected chi connectivity index (χ0v) is 18.7. The molecule has 0 saturated carbocycles. The van der Waals surface area contributed by atoms with E-state index >= 15 is 0 Å². The van der Waals surface area contributed by atoms with Crippen molar-refractivity contribution in [1.29, 1.82) is 0 Å². The summed E-state index contributed by atoms with van der Waals surface area (Å²) < 4.78 is 10.2. The standard InChI is InChI=1S/C21H27N3O3S2/c1-21(2,3)17-10-9-16(18(11-17)26-4)13-24-20(28)23-12-14-5-7-15(8-6-14)19(25)27-29-22/h5-11H,12-13,22H2,1-4H3,(H2,23,24,28). The third-order valence-electron chi connectivity index (χ3n) is 4.36. The average molecular weight is 434 g/mol. The summed E-state index contributed by atoms with van der Waals surface area (Å²) >= 11 is 5.90. The number of methoxy groups -OCH3 is 1. The summed E-state index contributed by atoms with van der Waals surface area (Å²) in [4.78, 5) is 11.6. The van der Waals surface area contributed by atoms with Crippen LogP contribution in [0.25, 0.3) is 0 Å². The fourth-order valence-corrected chi connectivity index (χ4v) is 2.96. The summed E-state index contributed by atoms with van der Waals surface area (Å²) in [6.45, 7) is 7.61. The molecule has 0 radical (unpaired) electrons. The van der Waals surface area contributed by atoms with Crippen LogP contribution < -0.4 is 20.5 Å². The molecule has 0 amide bonds. The highest BCUT2D eigenvalue weighted by Gasteiger charge is 2.16. The van der Waals surface area contributed by atoms with Crippen molar-refractivity contribution in [2.75, 3.05) is 7.11 Å². The van der Waals surface area contributed by atoms with Crippen LogP contribution in [0, 0.1) is 0 Å². The first kappa shape index (κ1) is 23.0. The predicted octanol–water partition coefficient (Wildman–Crippen LogP) is 3.84. The second kappa shape index (κ2) is 10.5. The number of nitrogens with two attached hydrogens (primary N) is 1. The third kappa shape index (κ3) is 6.92. The van der Waals surface area contributed by atoms with Crippen LogP contribution in [0.1, 0.15) is 47.8 Å². The van der Waals surface area contributed by atoms with Gasteiger partial charge in [0, 0.05) is 18.7 Å². The van der Waals surface area contributed by atoms with Crippen LogP contribution in [0.2, 0.25) is 0 Å². The second-order valence-corrected chi connectivity index (χ2v) is 8.24. The second-order valence-electron chi connectivity index (χ2n) is 7.48. The van der Waals surface area contributed by atoms with E-state index in [1.165, 1.54) is 5.56 Å². The van der Waals surface area contributed by atoms with Crippen molar-refractivity contribution in [3.8, 4) is 5.75 Å². The van der Waals surface area contributed by atoms with Crippen LogP contribution in [-0.4, -0.2) is 18.2 Å². The van der Waals surface area contributed by atoms with E-state index in [0.717, 1.165) is 16.9 Å². The monoisotopic (exact) mass is 433 g/mol. The summed E-state index contributed by atoms with van der Waals surface area (Å²) in [7, 11) is 1.67. The molecular formula is C21H27N3O3S2. The molecular weight excluding hydrogens is 406 g/mol. The highest BCUT2D eigenvalue weighted by Crippen LogP contribution is 2.28.